The second-order valence-corrected chi connectivity index (χ2v) is 7.51. The predicted octanol–water partition coefficient (Wildman–Crippen LogP) is 6.04. The van der Waals surface area contributed by atoms with Crippen molar-refractivity contribution in [1.82, 2.24) is 4.98 Å². The monoisotopic (exact) mass is 427 g/mol. The summed E-state index contributed by atoms with van der Waals surface area (Å²) in [6.45, 7) is 0. The summed E-state index contributed by atoms with van der Waals surface area (Å²) in [6.07, 6.45) is 2.86. The van der Waals surface area contributed by atoms with Gasteiger partial charge in [0, 0.05) is 29.2 Å². The highest BCUT2D eigenvalue weighted by molar-refractivity contribution is 7.14. The summed E-state index contributed by atoms with van der Waals surface area (Å²) in [5.74, 6) is -0.355. The maximum absolute atomic E-state index is 12.2. The van der Waals surface area contributed by atoms with Gasteiger partial charge in [-0.25, -0.2) is 4.98 Å². The zero-order chi connectivity index (χ0) is 21.6. The summed E-state index contributed by atoms with van der Waals surface area (Å²) in [5.41, 5.74) is 4.56. The molecule has 0 aliphatic carbocycles. The number of aromatic nitrogens is 1. The molecule has 31 heavy (non-hydrogen) atoms. The molecule has 1 amide bonds. The molecule has 3 aromatic carbocycles. The maximum atomic E-state index is 12.2. The van der Waals surface area contributed by atoms with Gasteiger partial charge >= 0.3 is 0 Å². The van der Waals surface area contributed by atoms with E-state index >= 15 is 0 Å². The summed E-state index contributed by atoms with van der Waals surface area (Å²) in [6, 6.07) is 24.3. The first-order chi connectivity index (χ1) is 15.1. The fourth-order valence-corrected chi connectivity index (χ4v) is 3.71. The van der Waals surface area contributed by atoms with Crippen LogP contribution in [0.15, 0.2) is 90.3 Å². The number of amides is 1. The number of hydrogen-bond donors (Lipinski definition) is 1. The van der Waals surface area contributed by atoms with Crippen molar-refractivity contribution in [2.75, 3.05) is 5.32 Å². The maximum Gasteiger partial charge on any atom is 0.270 e. The van der Waals surface area contributed by atoms with E-state index in [9.17, 15) is 14.9 Å². The van der Waals surface area contributed by atoms with Crippen LogP contribution in [0.25, 0.3) is 28.5 Å². The summed E-state index contributed by atoms with van der Waals surface area (Å²) in [4.78, 5) is 27.0. The van der Waals surface area contributed by atoms with Crippen molar-refractivity contribution in [2.24, 2.45) is 0 Å². The fourth-order valence-electron chi connectivity index (χ4n) is 2.99. The standard InChI is InChI=1S/C24H17N3O3S/c28-23(14-9-17-5-4-8-21(15-17)27(29)30)26-24-25-22(16-31-24)20-12-10-19(11-13-20)18-6-2-1-3-7-18/h1-16H,(H,25,26,28)/b14-9+. The Bertz CT molecular complexity index is 1250. The van der Waals surface area contributed by atoms with E-state index in [0.717, 1.165) is 22.4 Å². The average Bonchev–Trinajstić information content (AvgIpc) is 3.27. The number of non-ortho nitro benzene ring substituents is 1. The molecule has 7 heteroatoms. The van der Waals surface area contributed by atoms with Crippen LogP contribution in [0.1, 0.15) is 5.56 Å². The zero-order valence-electron chi connectivity index (χ0n) is 16.3. The fraction of sp³-hybridized carbons (Fsp3) is 0. The largest absolute Gasteiger partial charge is 0.298 e. The van der Waals surface area contributed by atoms with E-state index in [1.807, 2.05) is 47.8 Å². The molecule has 0 radical (unpaired) electrons. The molecule has 0 bridgehead atoms. The van der Waals surface area contributed by atoms with Crippen LogP contribution in [0.4, 0.5) is 10.8 Å². The number of carbonyl (C=O) groups is 1. The molecule has 0 saturated heterocycles. The number of rotatable bonds is 6. The Hall–Kier alpha value is -4.10. The van der Waals surface area contributed by atoms with Crippen molar-refractivity contribution in [3.63, 3.8) is 0 Å². The molecule has 0 aliphatic rings. The highest BCUT2D eigenvalue weighted by Crippen LogP contribution is 2.27. The number of thiazole rings is 1. The van der Waals surface area contributed by atoms with Crippen molar-refractivity contribution in [1.29, 1.82) is 0 Å². The summed E-state index contributed by atoms with van der Waals surface area (Å²) < 4.78 is 0. The van der Waals surface area contributed by atoms with Crippen LogP contribution in [0, 0.1) is 10.1 Å². The molecule has 6 nitrogen and oxygen atoms in total. The highest BCUT2D eigenvalue weighted by atomic mass is 32.1. The minimum Gasteiger partial charge on any atom is -0.298 e. The molecular weight excluding hydrogens is 410 g/mol. The molecule has 0 atom stereocenters. The van der Waals surface area contributed by atoms with Crippen LogP contribution in [0.5, 0.6) is 0 Å². The van der Waals surface area contributed by atoms with Gasteiger partial charge in [-0.2, -0.15) is 0 Å². The van der Waals surface area contributed by atoms with Crippen molar-refractivity contribution in [3.05, 3.63) is 106 Å². The zero-order valence-corrected chi connectivity index (χ0v) is 17.1. The molecule has 0 unspecified atom stereocenters. The molecular formula is C24H17N3O3S. The van der Waals surface area contributed by atoms with Crippen molar-refractivity contribution in [3.8, 4) is 22.4 Å². The SMILES string of the molecule is O=C(/C=C/c1cccc([N+](=O)[O-])c1)Nc1nc(-c2ccc(-c3ccccc3)cc2)cs1. The minimum atomic E-state index is -0.471. The normalized spacial score (nSPS) is 10.8. The summed E-state index contributed by atoms with van der Waals surface area (Å²) >= 11 is 1.34. The lowest BCUT2D eigenvalue weighted by atomic mass is 10.0. The molecule has 152 valence electrons. The van der Waals surface area contributed by atoms with E-state index in [1.54, 1.807) is 12.1 Å². The molecule has 1 N–H and O–H groups in total. The van der Waals surface area contributed by atoms with E-state index in [2.05, 4.69) is 22.4 Å². The number of hydrogen-bond acceptors (Lipinski definition) is 5. The molecule has 1 heterocycles. The third-order valence-corrected chi connectivity index (χ3v) is 5.29. The molecule has 0 aliphatic heterocycles. The van der Waals surface area contributed by atoms with E-state index < -0.39 is 4.92 Å². The quantitative estimate of drug-likeness (QED) is 0.231. The molecule has 0 saturated carbocycles. The van der Waals surface area contributed by atoms with Crippen LogP contribution in [0.3, 0.4) is 0 Å². The number of anilines is 1. The van der Waals surface area contributed by atoms with E-state index in [4.69, 9.17) is 0 Å². The molecule has 4 aromatic rings. The van der Waals surface area contributed by atoms with E-state index in [0.29, 0.717) is 10.7 Å². The molecule has 0 fully saturated rings. The third-order valence-electron chi connectivity index (χ3n) is 4.53. The van der Waals surface area contributed by atoms with Gasteiger partial charge in [0.25, 0.3) is 5.69 Å². The van der Waals surface area contributed by atoms with Crippen molar-refractivity contribution < 1.29 is 9.72 Å². The first-order valence-electron chi connectivity index (χ1n) is 9.43. The van der Waals surface area contributed by atoms with E-state index in [-0.39, 0.29) is 11.6 Å². The van der Waals surface area contributed by atoms with Gasteiger partial charge in [0.1, 0.15) is 0 Å². The summed E-state index contributed by atoms with van der Waals surface area (Å²) in [7, 11) is 0. The highest BCUT2D eigenvalue weighted by Gasteiger charge is 2.08. The topological polar surface area (TPSA) is 85.1 Å². The number of benzene rings is 3. The van der Waals surface area contributed by atoms with Gasteiger partial charge in [0.2, 0.25) is 5.91 Å². The van der Waals surface area contributed by atoms with Gasteiger partial charge in [0.05, 0.1) is 10.6 Å². The Labute approximate surface area is 182 Å². The third kappa shape index (κ3) is 5.09. The van der Waals surface area contributed by atoms with Gasteiger partial charge in [0.15, 0.2) is 5.13 Å². The smallest absolute Gasteiger partial charge is 0.270 e. The predicted molar refractivity (Wildman–Crippen MR) is 124 cm³/mol. The van der Waals surface area contributed by atoms with Crippen LogP contribution >= 0.6 is 11.3 Å². The second-order valence-electron chi connectivity index (χ2n) is 6.66. The number of nitrogens with zero attached hydrogens (tertiary/aromatic N) is 2. The number of nitro benzene ring substituents is 1. The Balaban J connectivity index is 1.41. The van der Waals surface area contributed by atoms with Gasteiger partial charge in [-0.15, -0.1) is 11.3 Å². The molecule has 4 rings (SSSR count). The Morgan fingerprint density at radius 1 is 0.935 bits per heavy atom. The summed E-state index contributed by atoms with van der Waals surface area (Å²) in [5, 5.41) is 15.9. The lowest BCUT2D eigenvalue weighted by Gasteiger charge is -2.03. The number of nitrogens with one attached hydrogen (secondary N) is 1. The Morgan fingerprint density at radius 2 is 1.65 bits per heavy atom. The minimum absolute atomic E-state index is 0.0228. The second kappa shape index (κ2) is 9.15. The molecule has 1 aromatic heterocycles. The van der Waals surface area contributed by atoms with Crippen LogP contribution in [0.2, 0.25) is 0 Å². The van der Waals surface area contributed by atoms with Gasteiger partial charge in [-0.3, -0.25) is 20.2 Å². The van der Waals surface area contributed by atoms with Gasteiger partial charge in [-0.1, -0.05) is 66.7 Å². The van der Waals surface area contributed by atoms with Crippen molar-refractivity contribution in [2.45, 2.75) is 0 Å². The van der Waals surface area contributed by atoms with Crippen molar-refractivity contribution >= 4 is 34.1 Å². The molecule has 0 spiro atoms. The number of nitro groups is 1. The Kier molecular flexibility index (Phi) is 5.96. The first kappa shape index (κ1) is 20.2. The van der Waals surface area contributed by atoms with Gasteiger partial charge in [-0.05, 0) is 22.8 Å². The van der Waals surface area contributed by atoms with Crippen LogP contribution < -0.4 is 5.32 Å². The number of carbonyl (C=O) groups excluding carboxylic acids is 1. The lowest BCUT2D eigenvalue weighted by Crippen LogP contribution is -2.07. The van der Waals surface area contributed by atoms with Crippen LogP contribution in [-0.4, -0.2) is 15.8 Å². The van der Waals surface area contributed by atoms with Crippen LogP contribution in [-0.2, 0) is 4.79 Å². The Morgan fingerprint density at radius 3 is 2.39 bits per heavy atom. The first-order valence-corrected chi connectivity index (χ1v) is 10.3. The van der Waals surface area contributed by atoms with Gasteiger partial charge < -0.3 is 0 Å². The average molecular weight is 427 g/mol. The van der Waals surface area contributed by atoms with E-state index in [1.165, 1.54) is 35.6 Å². The lowest BCUT2D eigenvalue weighted by molar-refractivity contribution is -0.384.